The highest BCUT2D eigenvalue weighted by Gasteiger charge is 2.29. The molecule has 2 aromatic carbocycles. The van der Waals surface area contributed by atoms with Gasteiger partial charge in [0.15, 0.2) is 0 Å². The Balaban J connectivity index is 1.88. The van der Waals surface area contributed by atoms with Gasteiger partial charge in [-0.15, -0.1) is 0 Å². The number of aromatic nitrogens is 1. The summed E-state index contributed by atoms with van der Waals surface area (Å²) in [6, 6.07) is 16.4. The van der Waals surface area contributed by atoms with E-state index in [1.165, 1.54) is 5.56 Å². The lowest BCUT2D eigenvalue weighted by atomic mass is 10.0. The van der Waals surface area contributed by atoms with Gasteiger partial charge in [0, 0.05) is 23.6 Å². The first kappa shape index (κ1) is 18.3. The summed E-state index contributed by atoms with van der Waals surface area (Å²) in [6.45, 7) is 2.15. The number of nitrogens with zero attached hydrogens (tertiary/aromatic N) is 1. The summed E-state index contributed by atoms with van der Waals surface area (Å²) in [5, 5.41) is 0.999. The van der Waals surface area contributed by atoms with Crippen LogP contribution in [0.2, 0.25) is 0 Å². The lowest BCUT2D eigenvalue weighted by Crippen LogP contribution is -2.15. The van der Waals surface area contributed by atoms with E-state index >= 15 is 0 Å². The monoisotopic (exact) mass is 473 g/mol. The maximum atomic E-state index is 6.22. The van der Waals surface area contributed by atoms with Gasteiger partial charge in [0.2, 0.25) is 6.29 Å². The molecule has 3 aromatic rings. The number of aryl methyl sites for hydroxylation is 1. The van der Waals surface area contributed by atoms with Crippen LogP contribution in [0.4, 0.5) is 0 Å². The molecule has 1 unspecified atom stereocenters. The van der Waals surface area contributed by atoms with Crippen molar-refractivity contribution in [3.05, 3.63) is 70.9 Å². The van der Waals surface area contributed by atoms with Crippen LogP contribution in [0.5, 0.6) is 5.75 Å². The number of benzene rings is 2. The fourth-order valence-electron chi connectivity index (χ4n) is 3.24. The van der Waals surface area contributed by atoms with Crippen LogP contribution in [0.25, 0.3) is 20.2 Å². The molecule has 4 nitrogen and oxygen atoms in total. The summed E-state index contributed by atoms with van der Waals surface area (Å²) < 4.78 is 18.2. The van der Waals surface area contributed by atoms with Crippen LogP contribution in [0, 0.1) is 0 Å². The zero-order valence-corrected chi connectivity index (χ0v) is 17.6. The molecule has 2 heterocycles. The Morgan fingerprint density at radius 1 is 1.07 bits per heavy atom. The minimum atomic E-state index is -0.498. The second-order valence-electron chi connectivity index (χ2n) is 6.36. The first-order valence-electron chi connectivity index (χ1n) is 8.82. The molecule has 0 saturated heterocycles. The van der Waals surface area contributed by atoms with Crippen molar-refractivity contribution in [3.8, 4) is 5.75 Å². The summed E-state index contributed by atoms with van der Waals surface area (Å²) in [5.41, 5.74) is 5.08. The van der Waals surface area contributed by atoms with Gasteiger partial charge in [-0.25, -0.2) is 4.98 Å². The standard InChI is InChI=1S/C22H20INO3/c1-4-13-5-7-14(8-6-13)21-19(23)20-17(22(26-3)27-21)12-15-11-16(25-2)9-10-18(15)24-20/h5-12,22H,4H2,1-3H3. The van der Waals surface area contributed by atoms with E-state index in [1.54, 1.807) is 14.2 Å². The molecule has 1 aliphatic heterocycles. The molecule has 0 fully saturated rings. The van der Waals surface area contributed by atoms with Gasteiger partial charge in [0.05, 0.1) is 21.9 Å². The number of fused-ring (bicyclic) bond motifs is 2. The summed E-state index contributed by atoms with van der Waals surface area (Å²) in [7, 11) is 3.32. The minimum absolute atomic E-state index is 0.498. The molecule has 138 valence electrons. The zero-order valence-electron chi connectivity index (χ0n) is 15.5. The maximum absolute atomic E-state index is 6.22. The first-order valence-corrected chi connectivity index (χ1v) is 9.90. The van der Waals surface area contributed by atoms with Crippen molar-refractivity contribution < 1.29 is 14.2 Å². The number of methoxy groups -OCH3 is 2. The third-order valence-corrected chi connectivity index (χ3v) is 5.78. The van der Waals surface area contributed by atoms with Crippen LogP contribution in [-0.2, 0) is 15.9 Å². The van der Waals surface area contributed by atoms with Crippen LogP contribution >= 0.6 is 22.6 Å². The van der Waals surface area contributed by atoms with Gasteiger partial charge < -0.3 is 14.2 Å². The van der Waals surface area contributed by atoms with E-state index in [9.17, 15) is 0 Å². The SMILES string of the molecule is CCc1ccc(C2=C(I)c3nc4ccc(OC)cc4cc3C(OC)O2)cc1. The highest BCUT2D eigenvalue weighted by Crippen LogP contribution is 2.44. The molecule has 0 aliphatic carbocycles. The Bertz CT molecular complexity index is 1030. The minimum Gasteiger partial charge on any atom is -0.497 e. The topological polar surface area (TPSA) is 40.6 Å². The first-order chi connectivity index (χ1) is 13.1. The highest BCUT2D eigenvalue weighted by molar-refractivity contribution is 14.1. The molecule has 0 amide bonds. The molecule has 0 radical (unpaired) electrons. The van der Waals surface area contributed by atoms with E-state index in [1.807, 2.05) is 18.2 Å². The van der Waals surface area contributed by atoms with Crippen LogP contribution < -0.4 is 4.74 Å². The van der Waals surface area contributed by atoms with Crippen LogP contribution in [0.15, 0.2) is 48.5 Å². The summed E-state index contributed by atoms with van der Waals surface area (Å²) in [5.74, 6) is 1.61. The van der Waals surface area contributed by atoms with Crippen LogP contribution in [0.1, 0.15) is 35.6 Å². The molecule has 0 spiro atoms. The van der Waals surface area contributed by atoms with E-state index in [4.69, 9.17) is 19.2 Å². The zero-order chi connectivity index (χ0) is 19.0. The smallest absolute Gasteiger partial charge is 0.228 e. The molecular formula is C22H20INO3. The van der Waals surface area contributed by atoms with Gasteiger partial charge in [-0.1, -0.05) is 31.2 Å². The summed E-state index contributed by atoms with van der Waals surface area (Å²) >= 11 is 2.32. The molecule has 4 rings (SSSR count). The Morgan fingerprint density at radius 2 is 1.85 bits per heavy atom. The lowest BCUT2D eigenvalue weighted by molar-refractivity contribution is -0.0768. The van der Waals surface area contributed by atoms with E-state index < -0.39 is 6.29 Å². The van der Waals surface area contributed by atoms with Crippen LogP contribution in [-0.4, -0.2) is 19.2 Å². The van der Waals surface area contributed by atoms with E-state index in [0.29, 0.717) is 0 Å². The van der Waals surface area contributed by atoms with E-state index in [-0.39, 0.29) is 0 Å². The maximum Gasteiger partial charge on any atom is 0.228 e. The summed E-state index contributed by atoms with van der Waals surface area (Å²) in [4.78, 5) is 4.90. The van der Waals surface area contributed by atoms with E-state index in [2.05, 4.69) is 59.8 Å². The Kier molecular flexibility index (Phi) is 5.06. The Hall–Kier alpha value is -2.12. The number of halogens is 1. The third kappa shape index (κ3) is 3.30. The molecular weight excluding hydrogens is 453 g/mol. The Labute approximate surface area is 172 Å². The van der Waals surface area contributed by atoms with Gasteiger partial charge in [-0.05, 0) is 58.8 Å². The lowest BCUT2D eigenvalue weighted by Gasteiger charge is -2.28. The van der Waals surface area contributed by atoms with E-state index in [0.717, 1.165) is 49.2 Å². The second-order valence-corrected chi connectivity index (χ2v) is 7.44. The molecule has 5 heteroatoms. The van der Waals surface area contributed by atoms with Crippen molar-refractivity contribution in [1.82, 2.24) is 4.98 Å². The quantitative estimate of drug-likeness (QED) is 0.453. The largest absolute Gasteiger partial charge is 0.497 e. The van der Waals surface area contributed by atoms with Crippen molar-refractivity contribution in [2.24, 2.45) is 0 Å². The van der Waals surface area contributed by atoms with Gasteiger partial charge >= 0.3 is 0 Å². The predicted molar refractivity (Wildman–Crippen MR) is 116 cm³/mol. The van der Waals surface area contributed by atoms with Crippen molar-refractivity contribution in [2.75, 3.05) is 14.2 Å². The summed E-state index contributed by atoms with van der Waals surface area (Å²) in [6.07, 6.45) is 0.514. The van der Waals surface area contributed by atoms with Crippen LogP contribution in [0.3, 0.4) is 0 Å². The van der Waals surface area contributed by atoms with Crippen molar-refractivity contribution in [2.45, 2.75) is 19.6 Å². The molecule has 1 aliphatic rings. The van der Waals surface area contributed by atoms with Crippen molar-refractivity contribution >= 4 is 42.8 Å². The van der Waals surface area contributed by atoms with Gasteiger partial charge in [0.25, 0.3) is 0 Å². The fraction of sp³-hybridized carbons (Fsp3) is 0.227. The van der Waals surface area contributed by atoms with Crippen molar-refractivity contribution in [1.29, 1.82) is 0 Å². The van der Waals surface area contributed by atoms with Gasteiger partial charge in [-0.3, -0.25) is 0 Å². The number of hydrogen-bond donors (Lipinski definition) is 0. The molecule has 0 saturated carbocycles. The number of ether oxygens (including phenoxy) is 3. The average Bonchev–Trinajstić information content (AvgIpc) is 2.72. The molecule has 1 aromatic heterocycles. The van der Waals surface area contributed by atoms with Crippen molar-refractivity contribution in [3.63, 3.8) is 0 Å². The number of hydrogen-bond acceptors (Lipinski definition) is 4. The normalized spacial score (nSPS) is 16.2. The third-order valence-electron chi connectivity index (χ3n) is 4.78. The number of rotatable bonds is 4. The second kappa shape index (κ2) is 7.48. The fourth-order valence-corrected chi connectivity index (χ4v) is 4.12. The van der Waals surface area contributed by atoms with Gasteiger partial charge in [0.1, 0.15) is 11.5 Å². The molecule has 0 N–H and O–H groups in total. The molecule has 1 atom stereocenters. The Morgan fingerprint density at radius 3 is 2.52 bits per heavy atom. The molecule has 0 bridgehead atoms. The average molecular weight is 473 g/mol. The number of pyridine rings is 1. The molecule has 27 heavy (non-hydrogen) atoms. The predicted octanol–water partition coefficient (Wildman–Crippen LogP) is 5.74. The van der Waals surface area contributed by atoms with Gasteiger partial charge in [-0.2, -0.15) is 0 Å². The highest BCUT2D eigenvalue weighted by atomic mass is 127.